The van der Waals surface area contributed by atoms with E-state index in [1.807, 2.05) is 20.8 Å². The molecule has 0 aliphatic rings. The van der Waals surface area contributed by atoms with Crippen LogP contribution in [0.15, 0.2) is 22.9 Å². The van der Waals surface area contributed by atoms with Crippen molar-refractivity contribution in [2.45, 2.75) is 26.8 Å². The molecule has 106 valence electrons. The van der Waals surface area contributed by atoms with Gasteiger partial charge in [0.2, 0.25) is 0 Å². The topological polar surface area (TPSA) is 83.6 Å². The van der Waals surface area contributed by atoms with Crippen LogP contribution in [-0.2, 0) is 0 Å². The van der Waals surface area contributed by atoms with Crippen LogP contribution in [0.2, 0.25) is 0 Å². The minimum absolute atomic E-state index is 0.175. The monoisotopic (exact) mass is 337 g/mol. The Morgan fingerprint density at radius 2 is 2.15 bits per heavy atom. The third-order valence-electron chi connectivity index (χ3n) is 2.81. The predicted molar refractivity (Wildman–Crippen MR) is 78.1 cm³/mol. The lowest BCUT2D eigenvalue weighted by molar-refractivity contribution is 0.0922. The Morgan fingerprint density at radius 3 is 2.70 bits per heavy atom. The number of hydrogen-bond donors (Lipinski definition) is 2. The Hall–Kier alpha value is -1.76. The SMILES string of the molecule is Cc1nc(C(NC(=O)c2cncc(Br)c2)C(C)C)n[nH]1. The molecule has 0 aliphatic heterocycles. The molecule has 7 heteroatoms. The second-order valence-corrected chi connectivity index (χ2v) is 5.78. The highest BCUT2D eigenvalue weighted by Crippen LogP contribution is 2.19. The van der Waals surface area contributed by atoms with E-state index < -0.39 is 0 Å². The molecule has 0 aliphatic carbocycles. The minimum Gasteiger partial charge on any atom is -0.342 e. The first-order valence-electron chi connectivity index (χ1n) is 6.27. The van der Waals surface area contributed by atoms with Gasteiger partial charge in [0.15, 0.2) is 5.82 Å². The number of carbonyl (C=O) groups is 1. The first-order chi connectivity index (χ1) is 9.47. The smallest absolute Gasteiger partial charge is 0.253 e. The first kappa shape index (κ1) is 14.6. The van der Waals surface area contributed by atoms with E-state index in [1.54, 1.807) is 12.3 Å². The van der Waals surface area contributed by atoms with Gasteiger partial charge >= 0.3 is 0 Å². The number of halogens is 1. The van der Waals surface area contributed by atoms with Crippen LogP contribution >= 0.6 is 15.9 Å². The molecule has 20 heavy (non-hydrogen) atoms. The molecular weight excluding hydrogens is 322 g/mol. The standard InChI is InChI=1S/C13H16BrN5O/c1-7(2)11(12-16-8(3)18-19-12)17-13(20)9-4-10(14)6-15-5-9/h4-7,11H,1-3H3,(H,17,20)(H,16,18,19). The van der Waals surface area contributed by atoms with Crippen LogP contribution in [0.1, 0.15) is 41.9 Å². The molecule has 1 amide bonds. The van der Waals surface area contributed by atoms with Crippen LogP contribution in [0.4, 0.5) is 0 Å². The van der Waals surface area contributed by atoms with Crippen LogP contribution in [0, 0.1) is 12.8 Å². The van der Waals surface area contributed by atoms with Gasteiger partial charge in [0.05, 0.1) is 11.6 Å². The average Bonchev–Trinajstić information content (AvgIpc) is 2.81. The molecule has 6 nitrogen and oxygen atoms in total. The lowest BCUT2D eigenvalue weighted by atomic mass is 10.0. The Balaban J connectivity index is 2.18. The van der Waals surface area contributed by atoms with Crippen molar-refractivity contribution in [3.63, 3.8) is 0 Å². The number of rotatable bonds is 4. The number of carbonyl (C=O) groups excluding carboxylic acids is 1. The second kappa shape index (κ2) is 6.13. The fourth-order valence-electron chi connectivity index (χ4n) is 1.79. The Bertz CT molecular complexity index is 610. The summed E-state index contributed by atoms with van der Waals surface area (Å²) in [6.45, 7) is 5.85. The molecule has 2 rings (SSSR count). The van der Waals surface area contributed by atoms with E-state index in [2.05, 4.69) is 41.4 Å². The zero-order valence-electron chi connectivity index (χ0n) is 11.5. The highest BCUT2D eigenvalue weighted by atomic mass is 79.9. The maximum absolute atomic E-state index is 12.3. The van der Waals surface area contributed by atoms with Crippen molar-refractivity contribution < 1.29 is 4.79 Å². The van der Waals surface area contributed by atoms with Crippen molar-refractivity contribution in [1.29, 1.82) is 0 Å². The van der Waals surface area contributed by atoms with Gasteiger partial charge in [-0.3, -0.25) is 14.9 Å². The van der Waals surface area contributed by atoms with Gasteiger partial charge in [0.1, 0.15) is 5.82 Å². The zero-order chi connectivity index (χ0) is 14.7. The molecule has 1 atom stereocenters. The molecule has 0 radical (unpaired) electrons. The maximum Gasteiger partial charge on any atom is 0.253 e. The fourth-order valence-corrected chi connectivity index (χ4v) is 2.15. The number of hydrogen-bond acceptors (Lipinski definition) is 4. The zero-order valence-corrected chi connectivity index (χ0v) is 13.1. The van der Waals surface area contributed by atoms with E-state index in [-0.39, 0.29) is 17.9 Å². The quantitative estimate of drug-likeness (QED) is 0.897. The van der Waals surface area contributed by atoms with E-state index >= 15 is 0 Å². The Morgan fingerprint density at radius 1 is 1.40 bits per heavy atom. The number of aromatic nitrogens is 4. The summed E-state index contributed by atoms with van der Waals surface area (Å²) < 4.78 is 0.764. The van der Waals surface area contributed by atoms with E-state index in [9.17, 15) is 4.79 Å². The first-order valence-corrected chi connectivity index (χ1v) is 7.07. The van der Waals surface area contributed by atoms with Gasteiger partial charge in [-0.2, -0.15) is 5.10 Å². The van der Waals surface area contributed by atoms with E-state index in [0.29, 0.717) is 11.4 Å². The van der Waals surface area contributed by atoms with Crippen LogP contribution < -0.4 is 5.32 Å². The highest BCUT2D eigenvalue weighted by molar-refractivity contribution is 9.10. The van der Waals surface area contributed by atoms with Crippen molar-refractivity contribution in [1.82, 2.24) is 25.5 Å². The van der Waals surface area contributed by atoms with Crippen molar-refractivity contribution in [2.24, 2.45) is 5.92 Å². The van der Waals surface area contributed by atoms with E-state index in [4.69, 9.17) is 0 Å². The Labute approximate surface area is 125 Å². The number of amides is 1. The summed E-state index contributed by atoms with van der Waals surface area (Å²) in [5.74, 6) is 1.30. The van der Waals surface area contributed by atoms with E-state index in [0.717, 1.165) is 10.3 Å². The van der Waals surface area contributed by atoms with Crippen LogP contribution in [-0.4, -0.2) is 26.1 Å². The van der Waals surface area contributed by atoms with Gasteiger partial charge in [0, 0.05) is 16.9 Å². The molecule has 0 saturated heterocycles. The van der Waals surface area contributed by atoms with Gasteiger partial charge in [-0.1, -0.05) is 13.8 Å². The van der Waals surface area contributed by atoms with Crippen LogP contribution in [0.3, 0.4) is 0 Å². The normalized spacial score (nSPS) is 12.4. The molecule has 0 spiro atoms. The molecule has 0 fully saturated rings. The minimum atomic E-state index is -0.244. The summed E-state index contributed by atoms with van der Waals surface area (Å²) in [6.07, 6.45) is 3.16. The third kappa shape index (κ3) is 3.41. The molecule has 2 N–H and O–H groups in total. The van der Waals surface area contributed by atoms with Crippen LogP contribution in [0.25, 0.3) is 0 Å². The molecule has 2 aromatic rings. The molecule has 0 aromatic carbocycles. The van der Waals surface area contributed by atoms with E-state index in [1.165, 1.54) is 6.20 Å². The Kier molecular flexibility index (Phi) is 4.49. The number of pyridine rings is 1. The van der Waals surface area contributed by atoms with Gasteiger partial charge < -0.3 is 5.32 Å². The molecule has 2 heterocycles. The number of aromatic amines is 1. The molecular formula is C13H16BrN5O. The lowest BCUT2D eigenvalue weighted by Crippen LogP contribution is -2.32. The van der Waals surface area contributed by atoms with Crippen molar-refractivity contribution in [3.8, 4) is 0 Å². The van der Waals surface area contributed by atoms with Gasteiger partial charge in [-0.05, 0) is 34.8 Å². The summed E-state index contributed by atoms with van der Waals surface area (Å²) in [5.41, 5.74) is 0.497. The molecule has 1 unspecified atom stereocenters. The van der Waals surface area contributed by atoms with Crippen molar-refractivity contribution in [3.05, 3.63) is 40.1 Å². The third-order valence-corrected chi connectivity index (χ3v) is 3.25. The second-order valence-electron chi connectivity index (χ2n) is 4.87. The molecule has 0 bridgehead atoms. The predicted octanol–water partition coefficient (Wildman–Crippen LogP) is 2.40. The van der Waals surface area contributed by atoms with Crippen LogP contribution in [0.5, 0.6) is 0 Å². The molecule has 2 aromatic heterocycles. The maximum atomic E-state index is 12.3. The van der Waals surface area contributed by atoms with Gasteiger partial charge in [0.25, 0.3) is 5.91 Å². The van der Waals surface area contributed by atoms with Gasteiger partial charge in [-0.25, -0.2) is 4.98 Å². The number of aryl methyl sites for hydroxylation is 1. The van der Waals surface area contributed by atoms with Crippen molar-refractivity contribution >= 4 is 21.8 Å². The number of H-pyrrole nitrogens is 1. The number of nitrogens with one attached hydrogen (secondary N) is 2. The number of nitrogens with zero attached hydrogens (tertiary/aromatic N) is 3. The highest BCUT2D eigenvalue weighted by Gasteiger charge is 2.23. The van der Waals surface area contributed by atoms with Gasteiger partial charge in [-0.15, -0.1) is 0 Å². The van der Waals surface area contributed by atoms with Crippen molar-refractivity contribution in [2.75, 3.05) is 0 Å². The summed E-state index contributed by atoms with van der Waals surface area (Å²) in [4.78, 5) is 20.5. The molecule has 0 saturated carbocycles. The fraction of sp³-hybridized carbons (Fsp3) is 0.385. The lowest BCUT2D eigenvalue weighted by Gasteiger charge is -2.19. The summed E-state index contributed by atoms with van der Waals surface area (Å²) in [5, 5.41) is 9.86. The summed E-state index contributed by atoms with van der Waals surface area (Å²) in [6, 6.07) is 1.48. The summed E-state index contributed by atoms with van der Waals surface area (Å²) >= 11 is 3.30. The summed E-state index contributed by atoms with van der Waals surface area (Å²) in [7, 11) is 0. The largest absolute Gasteiger partial charge is 0.342 e. The average molecular weight is 338 g/mol.